The van der Waals surface area contributed by atoms with E-state index in [0.29, 0.717) is 0 Å². The van der Waals surface area contributed by atoms with Crippen molar-refractivity contribution in [3.8, 4) is 5.75 Å². The molecule has 15 heavy (non-hydrogen) atoms. The first-order valence-electron chi connectivity index (χ1n) is 4.93. The lowest BCUT2D eigenvalue weighted by molar-refractivity contribution is -0.137. The molecule has 0 spiro atoms. The topological polar surface area (TPSA) is 59.4 Å². The fourth-order valence-corrected chi connectivity index (χ4v) is 1.92. The Kier molecular flexibility index (Phi) is 2.34. The Morgan fingerprint density at radius 1 is 1.67 bits per heavy atom. The molecule has 0 bridgehead atoms. The Labute approximate surface area is 87.9 Å². The second-order valence-corrected chi connectivity index (χ2v) is 3.87. The summed E-state index contributed by atoms with van der Waals surface area (Å²) < 4.78 is 5.63. The number of aliphatic carboxylic acids is 1. The monoisotopic (exact) mass is 207 g/mol. The van der Waals surface area contributed by atoms with Crippen LogP contribution in [0.2, 0.25) is 0 Å². The van der Waals surface area contributed by atoms with Gasteiger partial charge in [0, 0.05) is 6.20 Å². The number of nitrogens with zero attached hydrogens (tertiary/aromatic N) is 1. The van der Waals surface area contributed by atoms with E-state index in [-0.39, 0.29) is 18.4 Å². The van der Waals surface area contributed by atoms with Gasteiger partial charge in [-0.05, 0) is 25.5 Å². The summed E-state index contributed by atoms with van der Waals surface area (Å²) in [4.78, 5) is 14.9. The highest BCUT2D eigenvalue weighted by Gasteiger charge is 2.34. The van der Waals surface area contributed by atoms with Gasteiger partial charge < -0.3 is 9.84 Å². The summed E-state index contributed by atoms with van der Waals surface area (Å²) in [6, 6.07) is 1.87. The SMILES string of the molecule is Cc1ccnc2c1O[C@H](C)[C@H]2CC(=O)O. The fourth-order valence-electron chi connectivity index (χ4n) is 1.92. The summed E-state index contributed by atoms with van der Waals surface area (Å²) in [6.07, 6.45) is 1.67. The van der Waals surface area contributed by atoms with Crippen molar-refractivity contribution in [3.63, 3.8) is 0 Å². The van der Waals surface area contributed by atoms with Crippen molar-refractivity contribution in [2.45, 2.75) is 32.3 Å². The first-order valence-corrected chi connectivity index (χ1v) is 4.93. The molecule has 80 valence electrons. The van der Waals surface area contributed by atoms with Crippen molar-refractivity contribution in [1.29, 1.82) is 0 Å². The standard InChI is InChI=1S/C11H13NO3/c1-6-3-4-12-10-8(5-9(13)14)7(2)15-11(6)10/h3-4,7-8H,5H2,1-2H3,(H,13,14)/t7-,8-/m1/s1. The summed E-state index contributed by atoms with van der Waals surface area (Å²) >= 11 is 0. The van der Waals surface area contributed by atoms with E-state index in [1.165, 1.54) is 0 Å². The molecule has 0 unspecified atom stereocenters. The number of carboxylic acids is 1. The molecule has 0 radical (unpaired) electrons. The molecule has 1 aromatic rings. The number of pyridine rings is 1. The zero-order valence-electron chi connectivity index (χ0n) is 8.73. The largest absolute Gasteiger partial charge is 0.488 e. The molecule has 0 aliphatic carbocycles. The number of rotatable bonds is 2. The van der Waals surface area contributed by atoms with Crippen molar-refractivity contribution in [2.24, 2.45) is 0 Å². The smallest absolute Gasteiger partial charge is 0.304 e. The predicted molar refractivity (Wildman–Crippen MR) is 54.1 cm³/mol. The number of ether oxygens (including phenoxy) is 1. The van der Waals surface area contributed by atoms with Gasteiger partial charge in [0.1, 0.15) is 11.9 Å². The molecule has 0 aromatic carbocycles. The third kappa shape index (κ3) is 1.67. The molecular formula is C11H13NO3. The quantitative estimate of drug-likeness (QED) is 0.802. The number of hydrogen-bond donors (Lipinski definition) is 1. The van der Waals surface area contributed by atoms with E-state index in [0.717, 1.165) is 17.0 Å². The van der Waals surface area contributed by atoms with Crippen LogP contribution in [0.5, 0.6) is 5.75 Å². The molecule has 0 saturated carbocycles. The molecule has 0 amide bonds. The first kappa shape index (κ1) is 9.96. The van der Waals surface area contributed by atoms with Crippen LogP contribution in [0.25, 0.3) is 0 Å². The van der Waals surface area contributed by atoms with Crippen molar-refractivity contribution >= 4 is 5.97 Å². The maximum Gasteiger partial charge on any atom is 0.304 e. The van der Waals surface area contributed by atoms with E-state index in [1.54, 1.807) is 6.20 Å². The molecule has 1 aliphatic heterocycles. The van der Waals surface area contributed by atoms with Crippen LogP contribution in [-0.4, -0.2) is 22.2 Å². The van der Waals surface area contributed by atoms with Crippen molar-refractivity contribution in [2.75, 3.05) is 0 Å². The average molecular weight is 207 g/mol. The third-order valence-corrected chi connectivity index (χ3v) is 2.75. The van der Waals surface area contributed by atoms with E-state index < -0.39 is 5.97 Å². The Morgan fingerprint density at radius 2 is 2.40 bits per heavy atom. The van der Waals surface area contributed by atoms with Crippen LogP contribution in [0.3, 0.4) is 0 Å². The van der Waals surface area contributed by atoms with E-state index in [2.05, 4.69) is 4.98 Å². The molecular weight excluding hydrogens is 194 g/mol. The lowest BCUT2D eigenvalue weighted by Gasteiger charge is -2.10. The molecule has 0 fully saturated rings. The fraction of sp³-hybridized carbons (Fsp3) is 0.455. The summed E-state index contributed by atoms with van der Waals surface area (Å²) in [6.45, 7) is 3.82. The zero-order valence-corrected chi connectivity index (χ0v) is 8.73. The van der Waals surface area contributed by atoms with Gasteiger partial charge in [-0.1, -0.05) is 0 Å². The number of hydrogen-bond acceptors (Lipinski definition) is 3. The van der Waals surface area contributed by atoms with Gasteiger partial charge >= 0.3 is 5.97 Å². The lowest BCUT2D eigenvalue weighted by atomic mass is 9.97. The van der Waals surface area contributed by atoms with Crippen molar-refractivity contribution in [3.05, 3.63) is 23.5 Å². The highest BCUT2D eigenvalue weighted by molar-refractivity contribution is 5.68. The minimum absolute atomic E-state index is 0.0740. The van der Waals surface area contributed by atoms with Crippen LogP contribution in [0.1, 0.15) is 30.5 Å². The molecule has 2 heterocycles. The van der Waals surface area contributed by atoms with Crippen molar-refractivity contribution in [1.82, 2.24) is 4.98 Å². The summed E-state index contributed by atoms with van der Waals surface area (Å²) in [5.74, 6) is -0.180. The zero-order chi connectivity index (χ0) is 11.0. The average Bonchev–Trinajstić information content (AvgIpc) is 2.45. The van der Waals surface area contributed by atoms with E-state index >= 15 is 0 Å². The summed E-state index contributed by atoms with van der Waals surface area (Å²) in [7, 11) is 0. The van der Waals surface area contributed by atoms with E-state index in [1.807, 2.05) is 19.9 Å². The minimum atomic E-state index is -0.813. The molecule has 0 saturated heterocycles. The Bertz CT molecular complexity index is 403. The number of fused-ring (bicyclic) bond motifs is 1. The molecule has 2 rings (SSSR count). The molecule has 1 aromatic heterocycles. The molecule has 4 nitrogen and oxygen atoms in total. The second kappa shape index (κ2) is 3.53. The highest BCUT2D eigenvalue weighted by Crippen LogP contribution is 2.40. The van der Waals surface area contributed by atoms with E-state index in [4.69, 9.17) is 9.84 Å². The maximum absolute atomic E-state index is 10.7. The highest BCUT2D eigenvalue weighted by atomic mass is 16.5. The van der Waals surface area contributed by atoms with Gasteiger partial charge in [-0.2, -0.15) is 0 Å². The van der Waals surface area contributed by atoms with Crippen LogP contribution in [0.15, 0.2) is 12.3 Å². The third-order valence-electron chi connectivity index (χ3n) is 2.75. The Hall–Kier alpha value is -1.58. The molecule has 4 heteroatoms. The van der Waals surface area contributed by atoms with Gasteiger partial charge in [0.05, 0.1) is 18.0 Å². The van der Waals surface area contributed by atoms with Gasteiger partial charge in [-0.3, -0.25) is 9.78 Å². The van der Waals surface area contributed by atoms with Gasteiger partial charge in [-0.25, -0.2) is 0 Å². The number of carbonyl (C=O) groups is 1. The summed E-state index contributed by atoms with van der Waals surface area (Å²) in [5.41, 5.74) is 1.80. The van der Waals surface area contributed by atoms with Crippen LogP contribution < -0.4 is 4.74 Å². The summed E-state index contributed by atoms with van der Waals surface area (Å²) in [5, 5.41) is 8.80. The van der Waals surface area contributed by atoms with Crippen LogP contribution in [0, 0.1) is 6.92 Å². The van der Waals surface area contributed by atoms with Gasteiger partial charge in [0.25, 0.3) is 0 Å². The Morgan fingerprint density at radius 3 is 3.07 bits per heavy atom. The number of carboxylic acid groups (broad SMARTS) is 1. The van der Waals surface area contributed by atoms with Crippen molar-refractivity contribution < 1.29 is 14.6 Å². The normalized spacial score (nSPS) is 23.3. The number of aromatic nitrogens is 1. The molecule has 2 atom stereocenters. The lowest BCUT2D eigenvalue weighted by Crippen LogP contribution is -2.17. The van der Waals surface area contributed by atoms with Crippen LogP contribution >= 0.6 is 0 Å². The Balaban J connectivity index is 2.37. The van der Waals surface area contributed by atoms with Crippen LogP contribution in [0.4, 0.5) is 0 Å². The van der Waals surface area contributed by atoms with Crippen LogP contribution in [-0.2, 0) is 4.79 Å². The first-order chi connectivity index (χ1) is 7.09. The molecule has 1 aliphatic rings. The van der Waals surface area contributed by atoms with Gasteiger partial charge in [0.15, 0.2) is 0 Å². The van der Waals surface area contributed by atoms with Gasteiger partial charge in [-0.15, -0.1) is 0 Å². The predicted octanol–water partition coefficient (Wildman–Crippen LogP) is 1.73. The second-order valence-electron chi connectivity index (χ2n) is 3.87. The number of aryl methyl sites for hydroxylation is 1. The minimum Gasteiger partial charge on any atom is -0.488 e. The maximum atomic E-state index is 10.7. The van der Waals surface area contributed by atoms with Gasteiger partial charge in [0.2, 0.25) is 0 Å². The van der Waals surface area contributed by atoms with E-state index in [9.17, 15) is 4.79 Å². The molecule has 1 N–H and O–H groups in total.